The van der Waals surface area contributed by atoms with E-state index < -0.39 is 0 Å². The molecule has 16 heavy (non-hydrogen) atoms. The molecule has 0 amide bonds. The lowest BCUT2D eigenvalue weighted by atomic mass is 10.3. The molecule has 7 heteroatoms. The van der Waals surface area contributed by atoms with E-state index in [2.05, 4.69) is 19.8 Å². The molecule has 0 aliphatic heterocycles. The van der Waals surface area contributed by atoms with E-state index >= 15 is 0 Å². The second-order valence-corrected chi connectivity index (χ2v) is 5.03. The summed E-state index contributed by atoms with van der Waals surface area (Å²) in [6.45, 7) is 1.89. The molecule has 2 aromatic heterocycles. The van der Waals surface area contributed by atoms with Gasteiger partial charge in [-0.1, -0.05) is 17.8 Å². The molecule has 5 nitrogen and oxygen atoms in total. The molecule has 0 aliphatic carbocycles. The molecule has 0 radical (unpaired) electrons. The molecule has 0 unspecified atom stereocenters. The number of rotatable bonds is 4. The zero-order valence-corrected chi connectivity index (χ0v) is 10.3. The van der Waals surface area contributed by atoms with Crippen molar-refractivity contribution in [1.82, 2.24) is 14.3 Å². The number of hydrogen-bond donors (Lipinski definition) is 2. The van der Waals surface area contributed by atoms with Gasteiger partial charge in [-0.2, -0.15) is 4.37 Å². The van der Waals surface area contributed by atoms with Gasteiger partial charge in [0, 0.05) is 17.5 Å². The molecule has 3 N–H and O–H groups in total. The normalized spacial score (nSPS) is 10.4. The van der Waals surface area contributed by atoms with Crippen LogP contribution in [0.25, 0.3) is 0 Å². The summed E-state index contributed by atoms with van der Waals surface area (Å²) in [5.74, 6) is 7.68. The lowest BCUT2D eigenvalue weighted by molar-refractivity contribution is 1.10. The third kappa shape index (κ3) is 2.69. The smallest absolute Gasteiger partial charge is 0.170 e. The summed E-state index contributed by atoms with van der Waals surface area (Å²) in [6, 6.07) is 3.88. The van der Waals surface area contributed by atoms with Crippen LogP contribution >= 0.6 is 23.3 Å². The van der Waals surface area contributed by atoms with E-state index in [9.17, 15) is 0 Å². The van der Waals surface area contributed by atoms with Gasteiger partial charge in [-0.05, 0) is 24.5 Å². The van der Waals surface area contributed by atoms with Crippen molar-refractivity contribution in [3.8, 4) is 0 Å². The fourth-order valence-electron chi connectivity index (χ4n) is 1.16. The molecule has 0 aromatic carbocycles. The van der Waals surface area contributed by atoms with Gasteiger partial charge in [0.1, 0.15) is 11.6 Å². The minimum absolute atomic E-state index is 0.705. The molecule has 2 rings (SSSR count). The molecule has 0 spiro atoms. The number of aryl methyl sites for hydroxylation is 1. The van der Waals surface area contributed by atoms with E-state index in [1.165, 1.54) is 11.5 Å². The third-order valence-electron chi connectivity index (χ3n) is 1.89. The molecule has 0 bridgehead atoms. The summed E-state index contributed by atoms with van der Waals surface area (Å²) in [5.41, 5.74) is 3.64. The number of anilines is 1. The van der Waals surface area contributed by atoms with Crippen molar-refractivity contribution >= 4 is 29.1 Å². The van der Waals surface area contributed by atoms with E-state index in [1.54, 1.807) is 18.0 Å². The maximum atomic E-state index is 5.38. The molecule has 0 saturated heterocycles. The first-order valence-electron chi connectivity index (χ1n) is 4.63. The first-order valence-corrected chi connectivity index (χ1v) is 6.39. The summed E-state index contributed by atoms with van der Waals surface area (Å²) in [7, 11) is 0. The number of nitrogens with zero attached hydrogens (tertiary/aromatic N) is 3. The average molecular weight is 253 g/mol. The number of nitrogen functional groups attached to an aromatic ring is 1. The molecule has 0 fully saturated rings. The predicted molar refractivity (Wildman–Crippen MR) is 66.3 cm³/mol. The topological polar surface area (TPSA) is 76.7 Å². The minimum Gasteiger partial charge on any atom is -0.308 e. The van der Waals surface area contributed by atoms with Gasteiger partial charge in [0.05, 0.1) is 0 Å². The Hall–Kier alpha value is -1.18. The van der Waals surface area contributed by atoms with Crippen LogP contribution in [0.3, 0.4) is 0 Å². The number of aromatic nitrogens is 3. The molecule has 0 saturated carbocycles. The van der Waals surface area contributed by atoms with Crippen molar-refractivity contribution in [2.24, 2.45) is 5.84 Å². The number of nitrogens with two attached hydrogens (primary N) is 1. The molecule has 0 aliphatic rings. The van der Waals surface area contributed by atoms with Crippen molar-refractivity contribution in [2.45, 2.75) is 17.0 Å². The zero-order valence-electron chi connectivity index (χ0n) is 8.67. The maximum Gasteiger partial charge on any atom is 0.170 e. The standard InChI is InChI=1S/C9H11N5S2/c1-6-12-9(16-14-6)15-5-7-3-2-4-11-8(7)13-10/h2-4H,5,10H2,1H3,(H,11,13). The first kappa shape index (κ1) is 11.3. The van der Waals surface area contributed by atoms with Crippen LogP contribution in [0, 0.1) is 6.92 Å². The van der Waals surface area contributed by atoms with Crippen molar-refractivity contribution in [3.05, 3.63) is 29.7 Å². The van der Waals surface area contributed by atoms with Crippen LogP contribution in [-0.2, 0) is 5.75 Å². The van der Waals surface area contributed by atoms with Crippen LogP contribution in [0.15, 0.2) is 22.7 Å². The highest BCUT2D eigenvalue weighted by atomic mass is 32.2. The number of pyridine rings is 1. The Labute approximate surface area is 102 Å². The van der Waals surface area contributed by atoms with Crippen LogP contribution in [0.5, 0.6) is 0 Å². The van der Waals surface area contributed by atoms with Crippen LogP contribution in [0.1, 0.15) is 11.4 Å². The lowest BCUT2D eigenvalue weighted by Gasteiger charge is -2.05. The van der Waals surface area contributed by atoms with Gasteiger partial charge < -0.3 is 5.43 Å². The third-order valence-corrected chi connectivity index (χ3v) is 3.86. The van der Waals surface area contributed by atoms with Crippen molar-refractivity contribution < 1.29 is 0 Å². The van der Waals surface area contributed by atoms with Crippen LogP contribution in [0.2, 0.25) is 0 Å². The zero-order chi connectivity index (χ0) is 11.4. The fourth-order valence-corrected chi connectivity index (χ4v) is 2.79. The summed E-state index contributed by atoms with van der Waals surface area (Å²) in [6.07, 6.45) is 1.71. The van der Waals surface area contributed by atoms with Gasteiger partial charge in [-0.15, -0.1) is 0 Å². The second kappa shape index (κ2) is 5.24. The van der Waals surface area contributed by atoms with E-state index in [0.29, 0.717) is 5.82 Å². The van der Waals surface area contributed by atoms with Crippen molar-refractivity contribution in [2.75, 3.05) is 5.43 Å². The Morgan fingerprint density at radius 1 is 1.56 bits per heavy atom. The van der Waals surface area contributed by atoms with Gasteiger partial charge in [0.15, 0.2) is 4.34 Å². The monoisotopic (exact) mass is 253 g/mol. The fraction of sp³-hybridized carbons (Fsp3) is 0.222. The molecular formula is C9H11N5S2. The Morgan fingerprint density at radius 2 is 2.44 bits per heavy atom. The molecule has 2 heterocycles. The summed E-state index contributed by atoms with van der Waals surface area (Å²) in [5, 5.41) is 0. The summed E-state index contributed by atoms with van der Waals surface area (Å²) in [4.78, 5) is 8.41. The molecule has 84 valence electrons. The first-order chi connectivity index (χ1) is 7.79. The maximum absolute atomic E-state index is 5.38. The lowest BCUT2D eigenvalue weighted by Crippen LogP contribution is -2.10. The summed E-state index contributed by atoms with van der Waals surface area (Å²) >= 11 is 3.05. The van der Waals surface area contributed by atoms with E-state index in [4.69, 9.17) is 5.84 Å². The highest BCUT2D eigenvalue weighted by molar-refractivity contribution is 8.00. The highest BCUT2D eigenvalue weighted by Gasteiger charge is 2.05. The van der Waals surface area contributed by atoms with Gasteiger partial charge in [-0.25, -0.2) is 15.8 Å². The van der Waals surface area contributed by atoms with Gasteiger partial charge in [0.2, 0.25) is 0 Å². The van der Waals surface area contributed by atoms with Gasteiger partial charge >= 0.3 is 0 Å². The van der Waals surface area contributed by atoms with Crippen molar-refractivity contribution in [1.29, 1.82) is 0 Å². The van der Waals surface area contributed by atoms with E-state index in [-0.39, 0.29) is 0 Å². The SMILES string of the molecule is Cc1nsc(SCc2cccnc2NN)n1. The summed E-state index contributed by atoms with van der Waals surface area (Å²) < 4.78 is 5.09. The second-order valence-electron chi connectivity index (χ2n) is 3.05. The van der Waals surface area contributed by atoms with Gasteiger partial charge in [0.25, 0.3) is 0 Å². The largest absolute Gasteiger partial charge is 0.308 e. The number of hydrogen-bond acceptors (Lipinski definition) is 7. The quantitative estimate of drug-likeness (QED) is 0.492. The van der Waals surface area contributed by atoms with Crippen LogP contribution < -0.4 is 11.3 Å². The number of thioether (sulfide) groups is 1. The van der Waals surface area contributed by atoms with Crippen LogP contribution in [-0.4, -0.2) is 14.3 Å². The Kier molecular flexibility index (Phi) is 3.70. The average Bonchev–Trinajstić information content (AvgIpc) is 2.73. The van der Waals surface area contributed by atoms with E-state index in [1.807, 2.05) is 19.1 Å². The number of hydrazine groups is 1. The Balaban J connectivity index is 2.04. The molecule has 0 atom stereocenters. The van der Waals surface area contributed by atoms with Crippen LogP contribution in [0.4, 0.5) is 5.82 Å². The molecular weight excluding hydrogens is 242 g/mol. The Morgan fingerprint density at radius 3 is 3.12 bits per heavy atom. The number of nitrogens with one attached hydrogen (secondary N) is 1. The predicted octanol–water partition coefficient (Wildman–Crippen LogP) is 1.82. The van der Waals surface area contributed by atoms with Gasteiger partial charge in [-0.3, -0.25) is 0 Å². The van der Waals surface area contributed by atoms with Crippen molar-refractivity contribution in [3.63, 3.8) is 0 Å². The molecule has 2 aromatic rings. The Bertz CT molecular complexity index is 470. The minimum atomic E-state index is 0.705. The highest BCUT2D eigenvalue weighted by Crippen LogP contribution is 2.26. The van der Waals surface area contributed by atoms with E-state index in [0.717, 1.165) is 21.5 Å².